The van der Waals surface area contributed by atoms with Crippen LogP contribution < -0.4 is 5.32 Å². The van der Waals surface area contributed by atoms with Crippen LogP contribution in [0.5, 0.6) is 0 Å². The summed E-state index contributed by atoms with van der Waals surface area (Å²) in [7, 11) is 0. The van der Waals surface area contributed by atoms with Crippen molar-refractivity contribution < 1.29 is 14.3 Å². The summed E-state index contributed by atoms with van der Waals surface area (Å²) in [6, 6.07) is -0.189. The van der Waals surface area contributed by atoms with Crippen LogP contribution in [0.3, 0.4) is 0 Å². The molecule has 0 spiro atoms. The minimum atomic E-state index is -0.811. The van der Waals surface area contributed by atoms with Crippen molar-refractivity contribution in [2.75, 3.05) is 0 Å². The highest BCUT2D eigenvalue weighted by Gasteiger charge is 2.63. The van der Waals surface area contributed by atoms with E-state index in [4.69, 9.17) is 4.74 Å². The van der Waals surface area contributed by atoms with Crippen LogP contribution in [0.2, 0.25) is 0 Å². The summed E-state index contributed by atoms with van der Waals surface area (Å²) in [4.78, 5) is 30.3. The number of nitrogens with one attached hydrogen (secondary N) is 1. The SMILES string of the molecule is CC(C)C[C@]1(C(=O)OC(C)(C)C)N[C@@H](c2nccs2)[C@H]2C(=O)CC[C@H]21. The van der Waals surface area contributed by atoms with E-state index in [0.717, 1.165) is 11.4 Å². The minimum Gasteiger partial charge on any atom is -0.459 e. The zero-order valence-corrected chi connectivity index (χ0v) is 16.5. The number of Topliss-reactive ketones (excluding diaryl/α,β-unsaturated/α-hetero) is 1. The predicted molar refractivity (Wildman–Crippen MR) is 97.2 cm³/mol. The third-order valence-electron chi connectivity index (χ3n) is 5.12. The highest BCUT2D eigenvalue weighted by molar-refractivity contribution is 7.09. The van der Waals surface area contributed by atoms with E-state index in [0.29, 0.717) is 18.8 Å². The van der Waals surface area contributed by atoms with Crippen molar-refractivity contribution in [2.24, 2.45) is 17.8 Å². The van der Waals surface area contributed by atoms with Crippen molar-refractivity contribution in [3.63, 3.8) is 0 Å². The molecular formula is C19H28N2O3S. The number of nitrogens with zero attached hydrogens (tertiary/aromatic N) is 1. The fourth-order valence-electron chi connectivity index (χ4n) is 4.43. The van der Waals surface area contributed by atoms with Gasteiger partial charge in [0.05, 0.1) is 6.04 Å². The lowest BCUT2D eigenvalue weighted by Gasteiger charge is -2.37. The van der Waals surface area contributed by atoms with E-state index >= 15 is 0 Å². The Kier molecular flexibility index (Phi) is 4.79. The van der Waals surface area contributed by atoms with Crippen molar-refractivity contribution >= 4 is 23.1 Å². The average molecular weight is 365 g/mol. The monoisotopic (exact) mass is 364 g/mol. The number of carbonyl (C=O) groups is 2. The molecule has 1 N–H and O–H groups in total. The van der Waals surface area contributed by atoms with E-state index in [9.17, 15) is 9.59 Å². The van der Waals surface area contributed by atoms with Crippen LogP contribution in [-0.2, 0) is 14.3 Å². The highest BCUT2D eigenvalue weighted by Crippen LogP contribution is 2.53. The van der Waals surface area contributed by atoms with Crippen LogP contribution in [0.25, 0.3) is 0 Å². The largest absolute Gasteiger partial charge is 0.459 e. The van der Waals surface area contributed by atoms with Gasteiger partial charge < -0.3 is 4.74 Å². The van der Waals surface area contributed by atoms with Crippen molar-refractivity contribution in [2.45, 2.75) is 71.1 Å². The first-order valence-electron chi connectivity index (χ1n) is 9.07. The molecule has 0 bridgehead atoms. The van der Waals surface area contributed by atoms with Crippen molar-refractivity contribution in [1.29, 1.82) is 0 Å². The number of hydrogen-bond donors (Lipinski definition) is 1. The van der Waals surface area contributed by atoms with Crippen LogP contribution in [0.1, 0.15) is 64.9 Å². The van der Waals surface area contributed by atoms with E-state index in [1.807, 2.05) is 26.2 Å². The Balaban J connectivity index is 2.02. The van der Waals surface area contributed by atoms with Crippen molar-refractivity contribution in [3.8, 4) is 0 Å². The number of thiazole rings is 1. The quantitative estimate of drug-likeness (QED) is 0.828. The third-order valence-corrected chi connectivity index (χ3v) is 5.98. The van der Waals surface area contributed by atoms with E-state index in [1.54, 1.807) is 6.20 Å². The summed E-state index contributed by atoms with van der Waals surface area (Å²) >= 11 is 1.54. The van der Waals surface area contributed by atoms with E-state index in [1.165, 1.54) is 11.3 Å². The first kappa shape index (κ1) is 18.5. The third kappa shape index (κ3) is 3.38. The molecule has 0 aromatic carbocycles. The maximum atomic E-state index is 13.3. The van der Waals surface area contributed by atoms with Gasteiger partial charge in [0.1, 0.15) is 21.9 Å². The van der Waals surface area contributed by atoms with Gasteiger partial charge in [-0.1, -0.05) is 13.8 Å². The van der Waals surface area contributed by atoms with Crippen molar-refractivity contribution in [1.82, 2.24) is 10.3 Å². The summed E-state index contributed by atoms with van der Waals surface area (Å²) in [6.07, 6.45) is 3.70. The molecule has 2 aliphatic rings. The molecule has 4 atom stereocenters. The van der Waals surface area contributed by atoms with Crippen LogP contribution >= 0.6 is 11.3 Å². The fraction of sp³-hybridized carbons (Fsp3) is 0.737. The van der Waals surface area contributed by atoms with Gasteiger partial charge in [-0.05, 0) is 45.4 Å². The zero-order chi connectivity index (χ0) is 18.4. The van der Waals surface area contributed by atoms with Crippen LogP contribution in [0.4, 0.5) is 0 Å². The van der Waals surface area contributed by atoms with Gasteiger partial charge in [0.25, 0.3) is 0 Å². The van der Waals surface area contributed by atoms with Gasteiger partial charge >= 0.3 is 5.97 Å². The van der Waals surface area contributed by atoms with Crippen LogP contribution in [0.15, 0.2) is 11.6 Å². The number of ether oxygens (including phenoxy) is 1. The van der Waals surface area contributed by atoms with Gasteiger partial charge in [-0.3, -0.25) is 14.9 Å². The molecule has 0 radical (unpaired) electrons. The molecule has 2 fully saturated rings. The smallest absolute Gasteiger partial charge is 0.327 e. The molecule has 5 nitrogen and oxygen atoms in total. The lowest BCUT2D eigenvalue weighted by molar-refractivity contribution is -0.165. The van der Waals surface area contributed by atoms with Gasteiger partial charge in [-0.15, -0.1) is 11.3 Å². The lowest BCUT2D eigenvalue weighted by Crippen LogP contribution is -2.55. The standard InChI is InChI=1S/C19H28N2O3S/c1-11(2)10-19(17(23)24-18(3,4)5)12-6-7-13(22)14(12)15(21-19)16-20-8-9-25-16/h8-9,11-12,14-15,21H,6-7,10H2,1-5H3/t12-,14-,15-,19+/m1/s1. The normalized spacial score (nSPS) is 32.2. The molecule has 2 heterocycles. The second-order valence-electron chi connectivity index (χ2n) is 8.70. The van der Waals surface area contributed by atoms with Gasteiger partial charge in [0, 0.05) is 23.9 Å². The first-order valence-corrected chi connectivity index (χ1v) is 9.95. The number of carbonyl (C=O) groups excluding carboxylic acids is 2. The first-order chi connectivity index (χ1) is 11.6. The Bertz CT molecular complexity index is 650. The zero-order valence-electron chi connectivity index (χ0n) is 15.7. The molecule has 1 saturated carbocycles. The summed E-state index contributed by atoms with van der Waals surface area (Å²) in [5.41, 5.74) is -1.37. The second kappa shape index (κ2) is 6.47. The number of fused-ring (bicyclic) bond motifs is 1. The highest BCUT2D eigenvalue weighted by atomic mass is 32.1. The number of ketones is 1. The Hall–Kier alpha value is -1.27. The van der Waals surface area contributed by atoms with Gasteiger partial charge in [0.15, 0.2) is 0 Å². The fourth-order valence-corrected chi connectivity index (χ4v) is 5.17. The maximum Gasteiger partial charge on any atom is 0.327 e. The number of esters is 1. The second-order valence-corrected chi connectivity index (χ2v) is 9.63. The molecule has 1 aromatic rings. The predicted octanol–water partition coefficient (Wildman–Crippen LogP) is 3.51. The molecule has 3 rings (SSSR count). The molecule has 1 aromatic heterocycles. The molecule has 1 saturated heterocycles. The summed E-state index contributed by atoms with van der Waals surface area (Å²) in [6.45, 7) is 9.88. The average Bonchev–Trinajstić information content (AvgIpc) is 3.16. The summed E-state index contributed by atoms with van der Waals surface area (Å²) in [5.74, 6) is 0.124. The lowest BCUT2D eigenvalue weighted by atomic mass is 9.76. The Morgan fingerprint density at radius 2 is 2.20 bits per heavy atom. The van der Waals surface area contributed by atoms with Crippen LogP contribution in [0, 0.1) is 17.8 Å². The Labute approximate surface area is 153 Å². The molecular weight excluding hydrogens is 336 g/mol. The van der Waals surface area contributed by atoms with Crippen LogP contribution in [-0.4, -0.2) is 27.9 Å². The molecule has 138 valence electrons. The van der Waals surface area contributed by atoms with E-state index < -0.39 is 11.1 Å². The van der Waals surface area contributed by atoms with Gasteiger partial charge in [-0.2, -0.15) is 0 Å². The minimum absolute atomic E-state index is 0.0221. The Morgan fingerprint density at radius 1 is 1.48 bits per heavy atom. The number of rotatable bonds is 4. The topological polar surface area (TPSA) is 68.3 Å². The van der Waals surface area contributed by atoms with E-state index in [-0.39, 0.29) is 29.6 Å². The maximum absolute atomic E-state index is 13.3. The number of hydrogen-bond acceptors (Lipinski definition) is 6. The summed E-state index contributed by atoms with van der Waals surface area (Å²) < 4.78 is 5.81. The molecule has 6 heteroatoms. The van der Waals surface area contributed by atoms with Gasteiger partial charge in [0.2, 0.25) is 0 Å². The summed E-state index contributed by atoms with van der Waals surface area (Å²) in [5, 5.41) is 6.35. The van der Waals surface area contributed by atoms with Gasteiger partial charge in [-0.25, -0.2) is 4.98 Å². The molecule has 0 unspecified atom stereocenters. The molecule has 1 aliphatic carbocycles. The number of aromatic nitrogens is 1. The Morgan fingerprint density at radius 3 is 2.76 bits per heavy atom. The van der Waals surface area contributed by atoms with E-state index in [2.05, 4.69) is 24.1 Å². The van der Waals surface area contributed by atoms with Crippen molar-refractivity contribution in [3.05, 3.63) is 16.6 Å². The molecule has 25 heavy (non-hydrogen) atoms. The molecule has 0 amide bonds. The molecule has 1 aliphatic heterocycles.